The molecule has 3 nitrogen and oxygen atoms in total. The predicted molar refractivity (Wildman–Crippen MR) is 107 cm³/mol. The zero-order valence-electron chi connectivity index (χ0n) is 16.2. The maximum absolute atomic E-state index is 13.2. The van der Waals surface area contributed by atoms with Crippen molar-refractivity contribution in [3.05, 3.63) is 64.2 Å². The van der Waals surface area contributed by atoms with Gasteiger partial charge in [0.25, 0.3) is 0 Å². The van der Waals surface area contributed by atoms with Crippen LogP contribution in [0.1, 0.15) is 40.7 Å². The maximum Gasteiger partial charge on any atom is 0.243 e. The third-order valence-electron chi connectivity index (χ3n) is 5.42. The highest BCUT2D eigenvalue weighted by atomic mass is 32.2. The standard InChI is InChI=1S/C22H29NO2S/c1-16-5-7-20(8-6-16)15-21-9-11-23(12-10-21)26(24,25)22-18(3)13-17(2)14-19(22)4/h5-8,13-14,21H,9-12,15H2,1-4H3. The molecular formula is C22H29NO2S. The first kappa shape index (κ1) is 19.1. The minimum absolute atomic E-state index is 0.500. The fraction of sp³-hybridized carbons (Fsp3) is 0.455. The molecule has 4 heteroatoms. The van der Waals surface area contributed by atoms with Crippen molar-refractivity contribution in [2.45, 2.75) is 51.9 Å². The van der Waals surface area contributed by atoms with Crippen LogP contribution in [-0.4, -0.2) is 25.8 Å². The van der Waals surface area contributed by atoms with Gasteiger partial charge in [0.2, 0.25) is 10.0 Å². The van der Waals surface area contributed by atoms with E-state index >= 15 is 0 Å². The zero-order chi connectivity index (χ0) is 18.9. The van der Waals surface area contributed by atoms with Gasteiger partial charge in [0.05, 0.1) is 4.90 Å². The lowest BCUT2D eigenvalue weighted by Gasteiger charge is -2.32. The summed E-state index contributed by atoms with van der Waals surface area (Å²) in [5.74, 6) is 0.560. The first-order valence-electron chi connectivity index (χ1n) is 9.41. The van der Waals surface area contributed by atoms with Gasteiger partial charge in [-0.1, -0.05) is 47.5 Å². The van der Waals surface area contributed by atoms with Crippen molar-refractivity contribution in [3.63, 3.8) is 0 Å². The average molecular weight is 372 g/mol. The summed E-state index contributed by atoms with van der Waals surface area (Å²) < 4.78 is 28.0. The van der Waals surface area contributed by atoms with Gasteiger partial charge in [-0.05, 0) is 69.6 Å². The topological polar surface area (TPSA) is 37.4 Å². The molecule has 1 aliphatic heterocycles. The summed E-state index contributed by atoms with van der Waals surface area (Å²) in [5, 5.41) is 0. The van der Waals surface area contributed by atoms with Crippen molar-refractivity contribution in [1.82, 2.24) is 4.31 Å². The van der Waals surface area contributed by atoms with Gasteiger partial charge in [0.15, 0.2) is 0 Å². The van der Waals surface area contributed by atoms with E-state index in [1.54, 1.807) is 4.31 Å². The van der Waals surface area contributed by atoms with Crippen LogP contribution in [0.15, 0.2) is 41.3 Å². The van der Waals surface area contributed by atoms with E-state index < -0.39 is 10.0 Å². The summed E-state index contributed by atoms with van der Waals surface area (Å²) in [6.07, 6.45) is 2.89. The van der Waals surface area contributed by atoms with E-state index in [2.05, 4.69) is 31.2 Å². The van der Waals surface area contributed by atoms with Gasteiger partial charge in [0.1, 0.15) is 0 Å². The van der Waals surface area contributed by atoms with Gasteiger partial charge in [0, 0.05) is 13.1 Å². The molecule has 0 saturated carbocycles. The number of rotatable bonds is 4. The van der Waals surface area contributed by atoms with Gasteiger partial charge >= 0.3 is 0 Å². The molecule has 3 rings (SSSR count). The summed E-state index contributed by atoms with van der Waals surface area (Å²) in [6, 6.07) is 12.6. The fourth-order valence-electron chi connectivity index (χ4n) is 4.11. The molecule has 1 fully saturated rings. The summed E-state index contributed by atoms with van der Waals surface area (Å²) in [4.78, 5) is 0.500. The van der Waals surface area contributed by atoms with E-state index in [4.69, 9.17) is 0 Å². The van der Waals surface area contributed by atoms with Crippen molar-refractivity contribution >= 4 is 10.0 Å². The molecule has 1 heterocycles. The maximum atomic E-state index is 13.2. The summed E-state index contributed by atoms with van der Waals surface area (Å²) in [5.41, 5.74) is 5.44. The first-order valence-corrected chi connectivity index (χ1v) is 10.8. The van der Waals surface area contributed by atoms with Crippen LogP contribution in [0, 0.1) is 33.6 Å². The molecule has 2 aromatic carbocycles. The van der Waals surface area contributed by atoms with E-state index in [-0.39, 0.29) is 0 Å². The Morgan fingerprint density at radius 2 is 1.42 bits per heavy atom. The molecule has 140 valence electrons. The minimum atomic E-state index is -3.41. The van der Waals surface area contributed by atoms with Crippen molar-refractivity contribution in [1.29, 1.82) is 0 Å². The molecule has 0 atom stereocenters. The number of piperidine rings is 1. The lowest BCUT2D eigenvalue weighted by Crippen LogP contribution is -2.39. The lowest BCUT2D eigenvalue weighted by molar-refractivity contribution is 0.272. The Morgan fingerprint density at radius 1 is 0.885 bits per heavy atom. The van der Waals surface area contributed by atoms with Crippen LogP contribution >= 0.6 is 0 Å². The third kappa shape index (κ3) is 4.02. The lowest BCUT2D eigenvalue weighted by atomic mass is 9.91. The second kappa shape index (κ2) is 7.53. The van der Waals surface area contributed by atoms with Crippen molar-refractivity contribution < 1.29 is 8.42 Å². The molecule has 0 radical (unpaired) electrons. The van der Waals surface area contributed by atoms with Gasteiger partial charge in [-0.25, -0.2) is 8.42 Å². The molecule has 2 aromatic rings. The molecular weight excluding hydrogens is 342 g/mol. The molecule has 26 heavy (non-hydrogen) atoms. The van der Waals surface area contributed by atoms with Gasteiger partial charge < -0.3 is 0 Å². The van der Waals surface area contributed by atoms with Gasteiger partial charge in [-0.2, -0.15) is 4.31 Å². The normalized spacial score (nSPS) is 16.8. The summed E-state index contributed by atoms with van der Waals surface area (Å²) in [6.45, 7) is 9.14. The van der Waals surface area contributed by atoms with Crippen LogP contribution in [0.2, 0.25) is 0 Å². The van der Waals surface area contributed by atoms with Crippen molar-refractivity contribution in [2.75, 3.05) is 13.1 Å². The van der Waals surface area contributed by atoms with Crippen LogP contribution in [0.3, 0.4) is 0 Å². The Labute approximate surface area is 158 Å². The van der Waals surface area contributed by atoms with E-state index in [9.17, 15) is 8.42 Å². The number of nitrogens with zero attached hydrogens (tertiary/aromatic N) is 1. The summed E-state index contributed by atoms with van der Waals surface area (Å²) >= 11 is 0. The SMILES string of the molecule is Cc1ccc(CC2CCN(S(=O)(=O)c3c(C)cc(C)cc3C)CC2)cc1. The van der Waals surface area contributed by atoms with Gasteiger partial charge in [-0.15, -0.1) is 0 Å². The summed E-state index contributed by atoms with van der Waals surface area (Å²) in [7, 11) is -3.41. The molecule has 0 unspecified atom stereocenters. The number of aryl methyl sites for hydroxylation is 4. The van der Waals surface area contributed by atoms with E-state index in [0.717, 1.165) is 36.0 Å². The van der Waals surface area contributed by atoms with Crippen LogP contribution < -0.4 is 0 Å². The van der Waals surface area contributed by atoms with Crippen molar-refractivity contribution in [2.24, 2.45) is 5.92 Å². The van der Waals surface area contributed by atoms with Crippen LogP contribution in [0.5, 0.6) is 0 Å². The molecule has 0 bridgehead atoms. The van der Waals surface area contributed by atoms with Crippen LogP contribution in [0.25, 0.3) is 0 Å². The second-order valence-electron chi connectivity index (χ2n) is 7.77. The van der Waals surface area contributed by atoms with E-state index in [1.165, 1.54) is 11.1 Å². The Morgan fingerprint density at radius 3 is 1.96 bits per heavy atom. The Kier molecular flexibility index (Phi) is 5.54. The second-order valence-corrected chi connectivity index (χ2v) is 9.64. The number of hydrogen-bond donors (Lipinski definition) is 0. The Hall–Kier alpha value is -1.65. The highest BCUT2D eigenvalue weighted by Gasteiger charge is 2.31. The number of sulfonamides is 1. The molecule has 0 N–H and O–H groups in total. The first-order chi connectivity index (χ1) is 12.3. The molecule has 0 spiro atoms. The molecule has 1 saturated heterocycles. The highest BCUT2D eigenvalue weighted by molar-refractivity contribution is 7.89. The smallest absolute Gasteiger partial charge is 0.207 e. The fourth-order valence-corrected chi connectivity index (χ4v) is 6.00. The van der Waals surface area contributed by atoms with Crippen LogP contribution in [0.4, 0.5) is 0 Å². The zero-order valence-corrected chi connectivity index (χ0v) is 17.1. The van der Waals surface area contributed by atoms with E-state index in [1.807, 2.05) is 32.9 Å². The third-order valence-corrected chi connectivity index (χ3v) is 7.63. The molecule has 0 aromatic heterocycles. The van der Waals surface area contributed by atoms with Gasteiger partial charge in [-0.3, -0.25) is 0 Å². The molecule has 0 amide bonds. The Balaban J connectivity index is 1.70. The predicted octanol–water partition coefficient (Wildman–Crippen LogP) is 4.56. The van der Waals surface area contributed by atoms with Crippen molar-refractivity contribution in [3.8, 4) is 0 Å². The average Bonchev–Trinajstić information content (AvgIpc) is 2.56. The van der Waals surface area contributed by atoms with E-state index in [0.29, 0.717) is 23.9 Å². The van der Waals surface area contributed by atoms with Crippen LogP contribution in [-0.2, 0) is 16.4 Å². The molecule has 0 aliphatic carbocycles. The largest absolute Gasteiger partial charge is 0.243 e. The number of hydrogen-bond acceptors (Lipinski definition) is 2. The Bertz CT molecular complexity index is 854. The minimum Gasteiger partial charge on any atom is -0.207 e. The quantitative estimate of drug-likeness (QED) is 0.790. The number of benzene rings is 2. The highest BCUT2D eigenvalue weighted by Crippen LogP contribution is 2.29. The molecule has 1 aliphatic rings. The monoisotopic (exact) mass is 371 g/mol.